The molecule has 0 amide bonds. The molecule has 1 aromatic rings. The van der Waals surface area contributed by atoms with Gasteiger partial charge < -0.3 is 5.73 Å². The fourth-order valence-corrected chi connectivity index (χ4v) is 3.49. The molecular formula is C14H20N2. The first-order chi connectivity index (χ1) is 7.66. The minimum atomic E-state index is 0.334. The smallest absolute Gasteiger partial charge is 0.0505 e. The molecule has 0 aromatic heterocycles. The minimum Gasteiger partial charge on any atom is -0.326 e. The van der Waals surface area contributed by atoms with Gasteiger partial charge >= 0.3 is 0 Å². The van der Waals surface area contributed by atoms with Gasteiger partial charge in [-0.25, -0.2) is 0 Å². The fourth-order valence-electron chi connectivity index (χ4n) is 3.49. The van der Waals surface area contributed by atoms with E-state index in [4.69, 9.17) is 5.73 Å². The van der Waals surface area contributed by atoms with E-state index in [-0.39, 0.29) is 0 Å². The van der Waals surface area contributed by atoms with Crippen molar-refractivity contribution in [2.24, 2.45) is 5.73 Å². The van der Waals surface area contributed by atoms with Crippen LogP contribution in [-0.2, 0) is 6.42 Å². The molecule has 2 atom stereocenters. The summed E-state index contributed by atoms with van der Waals surface area (Å²) in [4.78, 5) is 2.56. The van der Waals surface area contributed by atoms with Gasteiger partial charge in [-0.05, 0) is 43.4 Å². The van der Waals surface area contributed by atoms with Crippen LogP contribution >= 0.6 is 0 Å². The van der Waals surface area contributed by atoms with Crippen LogP contribution < -0.4 is 5.73 Å². The molecule has 1 saturated heterocycles. The van der Waals surface area contributed by atoms with Crippen LogP contribution in [0.2, 0.25) is 0 Å². The molecule has 0 radical (unpaired) electrons. The predicted molar refractivity (Wildman–Crippen MR) is 66.5 cm³/mol. The van der Waals surface area contributed by atoms with E-state index in [1.807, 2.05) is 0 Å². The Morgan fingerprint density at radius 3 is 2.88 bits per heavy atom. The summed E-state index contributed by atoms with van der Waals surface area (Å²) >= 11 is 0. The molecule has 2 unspecified atom stereocenters. The quantitative estimate of drug-likeness (QED) is 0.718. The number of nitrogens with two attached hydrogens (primary N) is 1. The van der Waals surface area contributed by atoms with Crippen LogP contribution in [0, 0.1) is 13.8 Å². The summed E-state index contributed by atoms with van der Waals surface area (Å²) < 4.78 is 0. The zero-order valence-corrected chi connectivity index (χ0v) is 10.2. The number of fused-ring (bicyclic) bond motifs is 3. The third kappa shape index (κ3) is 1.40. The maximum atomic E-state index is 6.27. The number of hydrogen-bond acceptors (Lipinski definition) is 2. The Hall–Kier alpha value is -0.860. The maximum absolute atomic E-state index is 6.27. The van der Waals surface area contributed by atoms with Crippen molar-refractivity contribution >= 4 is 0 Å². The summed E-state index contributed by atoms with van der Waals surface area (Å²) in [5, 5.41) is 0. The van der Waals surface area contributed by atoms with Gasteiger partial charge in [0.15, 0.2) is 0 Å². The summed E-state index contributed by atoms with van der Waals surface area (Å²) in [6.07, 6.45) is 2.35. The number of hydrogen-bond donors (Lipinski definition) is 1. The molecule has 2 heteroatoms. The van der Waals surface area contributed by atoms with E-state index in [9.17, 15) is 0 Å². The highest BCUT2D eigenvalue weighted by molar-refractivity contribution is 5.43. The molecule has 16 heavy (non-hydrogen) atoms. The van der Waals surface area contributed by atoms with Gasteiger partial charge in [0.2, 0.25) is 0 Å². The Labute approximate surface area is 97.4 Å². The van der Waals surface area contributed by atoms with Crippen LogP contribution in [0.15, 0.2) is 12.1 Å². The molecule has 0 bridgehead atoms. The highest BCUT2D eigenvalue weighted by atomic mass is 15.2. The predicted octanol–water partition coefficient (Wildman–Crippen LogP) is 1.93. The van der Waals surface area contributed by atoms with Crippen molar-refractivity contribution in [2.45, 2.75) is 38.8 Å². The maximum Gasteiger partial charge on any atom is 0.0505 e. The number of aryl methyl sites for hydroxylation is 2. The van der Waals surface area contributed by atoms with Gasteiger partial charge in [0.1, 0.15) is 0 Å². The van der Waals surface area contributed by atoms with Crippen molar-refractivity contribution in [1.29, 1.82) is 0 Å². The van der Waals surface area contributed by atoms with Crippen molar-refractivity contribution in [3.8, 4) is 0 Å². The Kier molecular flexibility index (Phi) is 2.30. The SMILES string of the molecule is Cc1cc(C)c2c(c1)CCN1CCC(N)C21. The number of benzene rings is 1. The molecular weight excluding hydrogens is 196 g/mol. The average Bonchev–Trinajstić information content (AvgIpc) is 2.60. The largest absolute Gasteiger partial charge is 0.326 e. The first-order valence-electron chi connectivity index (χ1n) is 6.26. The topological polar surface area (TPSA) is 29.3 Å². The van der Waals surface area contributed by atoms with Gasteiger partial charge in [-0.2, -0.15) is 0 Å². The van der Waals surface area contributed by atoms with E-state index in [2.05, 4.69) is 30.9 Å². The van der Waals surface area contributed by atoms with E-state index >= 15 is 0 Å². The van der Waals surface area contributed by atoms with E-state index in [1.165, 1.54) is 41.8 Å². The molecule has 0 spiro atoms. The van der Waals surface area contributed by atoms with E-state index in [0.29, 0.717) is 12.1 Å². The highest BCUT2D eigenvalue weighted by Gasteiger charge is 2.37. The molecule has 2 aliphatic rings. The Morgan fingerprint density at radius 2 is 2.06 bits per heavy atom. The first kappa shape index (κ1) is 10.3. The second-order valence-corrected chi connectivity index (χ2v) is 5.34. The van der Waals surface area contributed by atoms with Crippen LogP contribution in [0.3, 0.4) is 0 Å². The van der Waals surface area contributed by atoms with Gasteiger partial charge in [0.05, 0.1) is 6.04 Å². The summed E-state index contributed by atoms with van der Waals surface area (Å²) in [6, 6.07) is 5.47. The van der Waals surface area contributed by atoms with Gasteiger partial charge in [-0.3, -0.25) is 4.90 Å². The van der Waals surface area contributed by atoms with Crippen LogP contribution in [0.5, 0.6) is 0 Å². The van der Waals surface area contributed by atoms with Crippen molar-refractivity contribution in [3.63, 3.8) is 0 Å². The standard InChI is InChI=1S/C14H20N2/c1-9-7-10(2)13-11(8-9)3-5-16-6-4-12(15)14(13)16/h7-8,12,14H,3-6,15H2,1-2H3. The van der Waals surface area contributed by atoms with Crippen molar-refractivity contribution in [3.05, 3.63) is 34.4 Å². The molecule has 2 N–H and O–H groups in total. The van der Waals surface area contributed by atoms with E-state index in [0.717, 1.165) is 6.42 Å². The zero-order valence-electron chi connectivity index (χ0n) is 10.2. The summed E-state index contributed by atoms with van der Waals surface area (Å²) in [5.74, 6) is 0. The lowest BCUT2D eigenvalue weighted by Crippen LogP contribution is -2.37. The first-order valence-corrected chi connectivity index (χ1v) is 6.26. The molecule has 1 fully saturated rings. The van der Waals surface area contributed by atoms with Crippen molar-refractivity contribution < 1.29 is 0 Å². The second kappa shape index (κ2) is 3.57. The number of rotatable bonds is 0. The molecule has 2 nitrogen and oxygen atoms in total. The van der Waals surface area contributed by atoms with E-state index < -0.39 is 0 Å². The second-order valence-electron chi connectivity index (χ2n) is 5.34. The van der Waals surface area contributed by atoms with Crippen LogP contribution in [0.4, 0.5) is 0 Å². The monoisotopic (exact) mass is 216 g/mol. The molecule has 2 aliphatic heterocycles. The number of nitrogens with zero attached hydrogens (tertiary/aromatic N) is 1. The summed E-state index contributed by atoms with van der Waals surface area (Å²) in [5.41, 5.74) is 12.2. The lowest BCUT2D eigenvalue weighted by atomic mass is 9.86. The molecule has 86 valence electrons. The summed E-state index contributed by atoms with van der Waals surface area (Å²) in [6.45, 7) is 6.79. The molecule has 1 aromatic carbocycles. The van der Waals surface area contributed by atoms with Crippen molar-refractivity contribution in [1.82, 2.24) is 4.90 Å². The Balaban J connectivity index is 2.13. The van der Waals surface area contributed by atoms with Crippen LogP contribution in [-0.4, -0.2) is 24.0 Å². The van der Waals surface area contributed by atoms with Gasteiger partial charge in [0, 0.05) is 19.1 Å². The van der Waals surface area contributed by atoms with Crippen molar-refractivity contribution in [2.75, 3.05) is 13.1 Å². The van der Waals surface area contributed by atoms with Gasteiger partial charge in [-0.1, -0.05) is 17.7 Å². The molecule has 0 aliphatic carbocycles. The van der Waals surface area contributed by atoms with Gasteiger partial charge in [0.25, 0.3) is 0 Å². The third-order valence-electron chi connectivity index (χ3n) is 4.13. The minimum absolute atomic E-state index is 0.334. The normalized spacial score (nSPS) is 28.9. The molecule has 0 saturated carbocycles. The van der Waals surface area contributed by atoms with Crippen LogP contribution in [0.25, 0.3) is 0 Å². The van der Waals surface area contributed by atoms with Gasteiger partial charge in [-0.15, -0.1) is 0 Å². The zero-order chi connectivity index (χ0) is 11.3. The molecule has 2 heterocycles. The fraction of sp³-hybridized carbons (Fsp3) is 0.571. The Morgan fingerprint density at radius 1 is 1.25 bits per heavy atom. The van der Waals surface area contributed by atoms with E-state index in [1.54, 1.807) is 0 Å². The average molecular weight is 216 g/mol. The third-order valence-corrected chi connectivity index (χ3v) is 4.13. The van der Waals surface area contributed by atoms with Crippen LogP contribution in [0.1, 0.15) is 34.7 Å². The summed E-state index contributed by atoms with van der Waals surface area (Å²) in [7, 11) is 0. The Bertz CT molecular complexity index is 425. The lowest BCUT2D eigenvalue weighted by molar-refractivity contribution is 0.233. The molecule has 3 rings (SSSR count). The highest BCUT2D eigenvalue weighted by Crippen LogP contribution is 2.39. The lowest BCUT2D eigenvalue weighted by Gasteiger charge is -2.35.